The van der Waals surface area contributed by atoms with E-state index in [1.165, 1.54) is 0 Å². The van der Waals surface area contributed by atoms with Gasteiger partial charge in [0.1, 0.15) is 17.5 Å². The van der Waals surface area contributed by atoms with E-state index in [-0.39, 0.29) is 0 Å². The molecular weight excluding hydrogens is 166 g/mol. The van der Waals surface area contributed by atoms with E-state index in [0.29, 0.717) is 11.5 Å². The summed E-state index contributed by atoms with van der Waals surface area (Å²) >= 11 is 0. The Balaban J connectivity index is 2.42. The van der Waals surface area contributed by atoms with Gasteiger partial charge in [0, 0.05) is 6.07 Å². The van der Waals surface area contributed by atoms with Crippen molar-refractivity contribution in [1.82, 2.24) is 10.2 Å². The Labute approximate surface area is 74.8 Å². The third kappa shape index (κ3) is 1.32. The average Bonchev–Trinajstić information content (AvgIpc) is 2.71. The molecule has 0 radical (unpaired) electrons. The van der Waals surface area contributed by atoms with Gasteiger partial charge in [-0.1, -0.05) is 0 Å². The predicted octanol–water partition coefficient (Wildman–Crippen LogP) is 1.85. The maximum atomic E-state index is 8.54. The summed E-state index contributed by atoms with van der Waals surface area (Å²) < 4.78 is 5.35. The molecule has 0 saturated carbocycles. The first-order valence-electron chi connectivity index (χ1n) is 3.82. The van der Waals surface area contributed by atoms with Crippen molar-refractivity contribution in [3.05, 3.63) is 29.7 Å². The minimum absolute atomic E-state index is 0.365. The van der Waals surface area contributed by atoms with Gasteiger partial charge in [0.25, 0.3) is 0 Å². The molecule has 0 unspecified atom stereocenters. The second-order valence-corrected chi connectivity index (χ2v) is 2.69. The van der Waals surface area contributed by atoms with Crippen molar-refractivity contribution in [3.63, 3.8) is 0 Å². The van der Waals surface area contributed by atoms with Crippen molar-refractivity contribution < 1.29 is 4.42 Å². The lowest BCUT2D eigenvalue weighted by molar-refractivity contribution is 0.546. The van der Waals surface area contributed by atoms with Crippen molar-refractivity contribution in [2.75, 3.05) is 0 Å². The van der Waals surface area contributed by atoms with Crippen LogP contribution in [0.2, 0.25) is 0 Å². The van der Waals surface area contributed by atoms with Crippen molar-refractivity contribution >= 4 is 0 Å². The molecule has 2 heterocycles. The van der Waals surface area contributed by atoms with Crippen LogP contribution in [-0.2, 0) is 0 Å². The van der Waals surface area contributed by atoms with Gasteiger partial charge in [0.15, 0.2) is 11.5 Å². The van der Waals surface area contributed by atoms with E-state index >= 15 is 0 Å². The number of hydrogen-bond donors (Lipinski definition) is 1. The summed E-state index contributed by atoms with van der Waals surface area (Å²) in [5, 5.41) is 15.0. The highest BCUT2D eigenvalue weighted by molar-refractivity contribution is 5.53. The molecule has 0 aliphatic carbocycles. The Hall–Kier alpha value is -2.02. The number of rotatable bonds is 1. The molecular formula is C9H7N3O. The SMILES string of the molecule is Cc1ccc(-c2cc(C#N)n[nH]2)o1. The van der Waals surface area contributed by atoms with Crippen LogP contribution in [0.15, 0.2) is 22.6 Å². The molecule has 13 heavy (non-hydrogen) atoms. The van der Waals surface area contributed by atoms with Gasteiger partial charge >= 0.3 is 0 Å². The standard InChI is InChI=1S/C9H7N3O/c1-6-2-3-9(13-6)8-4-7(5-10)11-12-8/h2-4H,1H3,(H,11,12). The van der Waals surface area contributed by atoms with E-state index in [4.69, 9.17) is 9.68 Å². The number of nitriles is 1. The summed E-state index contributed by atoms with van der Waals surface area (Å²) in [7, 11) is 0. The van der Waals surface area contributed by atoms with Gasteiger partial charge in [-0.3, -0.25) is 5.10 Å². The first-order valence-corrected chi connectivity index (χ1v) is 3.82. The number of nitrogens with one attached hydrogen (secondary N) is 1. The molecule has 0 amide bonds. The van der Waals surface area contributed by atoms with E-state index < -0.39 is 0 Å². The van der Waals surface area contributed by atoms with E-state index in [0.717, 1.165) is 11.5 Å². The summed E-state index contributed by atoms with van der Waals surface area (Å²) in [5.74, 6) is 1.54. The van der Waals surface area contributed by atoms with E-state index in [1.54, 1.807) is 6.07 Å². The molecule has 0 atom stereocenters. The fourth-order valence-corrected chi connectivity index (χ4v) is 1.08. The van der Waals surface area contributed by atoms with Crippen LogP contribution in [0.3, 0.4) is 0 Å². The zero-order chi connectivity index (χ0) is 9.26. The number of furan rings is 1. The lowest BCUT2D eigenvalue weighted by Crippen LogP contribution is -1.72. The fourth-order valence-electron chi connectivity index (χ4n) is 1.08. The molecule has 0 bridgehead atoms. The molecule has 0 saturated heterocycles. The fraction of sp³-hybridized carbons (Fsp3) is 0.111. The Kier molecular flexibility index (Phi) is 1.64. The molecule has 4 nitrogen and oxygen atoms in total. The topological polar surface area (TPSA) is 65.6 Å². The third-order valence-electron chi connectivity index (χ3n) is 1.70. The minimum atomic E-state index is 0.365. The van der Waals surface area contributed by atoms with Gasteiger partial charge in [-0.2, -0.15) is 10.4 Å². The number of aromatic nitrogens is 2. The number of aromatic amines is 1. The monoisotopic (exact) mass is 173 g/mol. The molecule has 2 aromatic heterocycles. The number of hydrogen-bond acceptors (Lipinski definition) is 3. The Morgan fingerprint density at radius 1 is 1.54 bits per heavy atom. The average molecular weight is 173 g/mol. The largest absolute Gasteiger partial charge is 0.460 e. The summed E-state index contributed by atoms with van der Waals surface area (Å²) in [4.78, 5) is 0. The second-order valence-electron chi connectivity index (χ2n) is 2.69. The van der Waals surface area contributed by atoms with Crippen LogP contribution >= 0.6 is 0 Å². The van der Waals surface area contributed by atoms with Crippen LogP contribution in [-0.4, -0.2) is 10.2 Å². The molecule has 0 aliphatic rings. The van der Waals surface area contributed by atoms with Gasteiger partial charge in [0.05, 0.1) is 0 Å². The molecule has 0 spiro atoms. The molecule has 2 aromatic rings. The molecule has 1 N–H and O–H groups in total. The van der Waals surface area contributed by atoms with Gasteiger partial charge in [-0.05, 0) is 19.1 Å². The van der Waals surface area contributed by atoms with E-state index in [9.17, 15) is 0 Å². The highest BCUT2D eigenvalue weighted by Crippen LogP contribution is 2.19. The smallest absolute Gasteiger partial charge is 0.163 e. The normalized spacial score (nSPS) is 9.85. The van der Waals surface area contributed by atoms with E-state index in [2.05, 4.69) is 10.2 Å². The third-order valence-corrected chi connectivity index (χ3v) is 1.70. The van der Waals surface area contributed by atoms with Gasteiger partial charge in [-0.15, -0.1) is 0 Å². The van der Waals surface area contributed by atoms with E-state index in [1.807, 2.05) is 25.1 Å². The van der Waals surface area contributed by atoms with Crippen molar-refractivity contribution in [2.45, 2.75) is 6.92 Å². The second kappa shape index (κ2) is 2.79. The number of aryl methyl sites for hydroxylation is 1. The predicted molar refractivity (Wildman–Crippen MR) is 45.7 cm³/mol. The van der Waals surface area contributed by atoms with Crippen LogP contribution in [0, 0.1) is 18.3 Å². The first-order chi connectivity index (χ1) is 6.29. The Bertz CT molecular complexity index is 461. The quantitative estimate of drug-likeness (QED) is 0.715. The lowest BCUT2D eigenvalue weighted by Gasteiger charge is -1.87. The van der Waals surface area contributed by atoms with Crippen LogP contribution in [0.4, 0.5) is 0 Å². The van der Waals surface area contributed by atoms with Gasteiger partial charge in [-0.25, -0.2) is 0 Å². The van der Waals surface area contributed by atoms with Crippen molar-refractivity contribution in [3.8, 4) is 17.5 Å². The van der Waals surface area contributed by atoms with Gasteiger partial charge < -0.3 is 4.42 Å². The number of H-pyrrole nitrogens is 1. The first kappa shape index (κ1) is 7.62. The number of nitrogens with zero attached hydrogens (tertiary/aromatic N) is 2. The van der Waals surface area contributed by atoms with Crippen LogP contribution in [0.25, 0.3) is 11.5 Å². The molecule has 0 aromatic carbocycles. The highest BCUT2D eigenvalue weighted by atomic mass is 16.3. The van der Waals surface area contributed by atoms with Crippen LogP contribution < -0.4 is 0 Å². The summed E-state index contributed by atoms with van der Waals surface area (Å²) in [5.41, 5.74) is 1.09. The maximum Gasteiger partial charge on any atom is 0.163 e. The van der Waals surface area contributed by atoms with Gasteiger partial charge in [0.2, 0.25) is 0 Å². The maximum absolute atomic E-state index is 8.54. The minimum Gasteiger partial charge on any atom is -0.460 e. The molecule has 2 rings (SSSR count). The summed E-state index contributed by atoms with van der Waals surface area (Å²) in [6, 6.07) is 7.29. The zero-order valence-corrected chi connectivity index (χ0v) is 7.03. The lowest BCUT2D eigenvalue weighted by atomic mass is 10.3. The highest BCUT2D eigenvalue weighted by Gasteiger charge is 2.05. The van der Waals surface area contributed by atoms with Crippen molar-refractivity contribution in [1.29, 1.82) is 5.26 Å². The molecule has 0 fully saturated rings. The van der Waals surface area contributed by atoms with Crippen LogP contribution in [0.5, 0.6) is 0 Å². The Morgan fingerprint density at radius 3 is 2.92 bits per heavy atom. The van der Waals surface area contributed by atoms with Crippen molar-refractivity contribution in [2.24, 2.45) is 0 Å². The summed E-state index contributed by atoms with van der Waals surface area (Å²) in [6.45, 7) is 1.87. The van der Waals surface area contributed by atoms with Crippen LogP contribution in [0.1, 0.15) is 11.5 Å². The molecule has 4 heteroatoms. The summed E-state index contributed by atoms with van der Waals surface area (Å²) in [6.07, 6.45) is 0. The molecule has 0 aliphatic heterocycles. The zero-order valence-electron chi connectivity index (χ0n) is 7.03. The molecule has 64 valence electrons. The Morgan fingerprint density at radius 2 is 2.38 bits per heavy atom.